The van der Waals surface area contributed by atoms with Crippen LogP contribution < -0.4 is 5.32 Å². The average Bonchev–Trinajstić information content (AvgIpc) is 3.30. The number of halogens is 2. The number of pyridine rings is 1. The van der Waals surface area contributed by atoms with E-state index in [-0.39, 0.29) is 23.3 Å². The second-order valence-corrected chi connectivity index (χ2v) is 6.68. The van der Waals surface area contributed by atoms with Gasteiger partial charge in [0.25, 0.3) is 5.91 Å². The second-order valence-electron chi connectivity index (χ2n) is 6.68. The molecule has 2 aromatic heterocycles. The Labute approximate surface area is 160 Å². The summed E-state index contributed by atoms with van der Waals surface area (Å²) in [5.74, 6) is -0.737. The monoisotopic (exact) mass is 383 g/mol. The molecule has 0 spiro atoms. The molecule has 3 heterocycles. The van der Waals surface area contributed by atoms with Gasteiger partial charge in [-0.2, -0.15) is 0 Å². The minimum atomic E-state index is -0.602. The van der Waals surface area contributed by atoms with E-state index in [1.165, 1.54) is 12.1 Å². The number of carbonyl (C=O) groups excluding carboxylic acids is 1. The fourth-order valence-electron chi connectivity index (χ4n) is 3.31. The molecular weight excluding hydrogens is 364 g/mol. The fourth-order valence-corrected chi connectivity index (χ4v) is 3.31. The van der Waals surface area contributed by atoms with Crippen molar-refractivity contribution in [3.8, 4) is 5.69 Å². The largest absolute Gasteiger partial charge is 0.362 e. The smallest absolute Gasteiger partial charge is 0.257 e. The van der Waals surface area contributed by atoms with Gasteiger partial charge in [0.05, 0.1) is 36.4 Å². The van der Waals surface area contributed by atoms with E-state index in [4.69, 9.17) is 0 Å². The molecule has 4 rings (SSSR count). The number of rotatable bonds is 5. The van der Waals surface area contributed by atoms with Crippen molar-refractivity contribution < 1.29 is 13.6 Å². The Hall–Kier alpha value is -3.29. The van der Waals surface area contributed by atoms with Crippen molar-refractivity contribution in [1.82, 2.24) is 19.4 Å². The molecule has 144 valence electrons. The molecule has 1 atom stereocenters. The highest BCUT2D eigenvalue weighted by Gasteiger charge is 2.32. The third kappa shape index (κ3) is 3.11. The van der Waals surface area contributed by atoms with Gasteiger partial charge in [-0.3, -0.25) is 4.79 Å². The number of amides is 1. The third-order valence-electron chi connectivity index (χ3n) is 4.89. The lowest BCUT2D eigenvalue weighted by Gasteiger charge is -2.15. The summed E-state index contributed by atoms with van der Waals surface area (Å²) in [4.78, 5) is 22.5. The van der Waals surface area contributed by atoms with Crippen LogP contribution >= 0.6 is 0 Å². The standard InChI is InChI=1S/C20H19F2N5O/c1-3-26-9-15-18(20(26)28)16(22)8-23-19(15)25-12(2)17-10-27(11-24-17)14-6-4-13(21)5-7-14/h4-8,10-12H,3,9H2,1-2H3,(H,23,25)/t12-/m0/s1. The van der Waals surface area contributed by atoms with Gasteiger partial charge in [0, 0.05) is 24.0 Å². The topological polar surface area (TPSA) is 63.1 Å². The Morgan fingerprint density at radius 1 is 1.21 bits per heavy atom. The van der Waals surface area contributed by atoms with E-state index < -0.39 is 5.82 Å². The molecule has 1 aromatic carbocycles. The highest BCUT2D eigenvalue weighted by Crippen LogP contribution is 2.31. The summed E-state index contributed by atoms with van der Waals surface area (Å²) in [5, 5.41) is 3.23. The molecule has 3 aromatic rings. The number of aromatic nitrogens is 3. The maximum Gasteiger partial charge on any atom is 0.257 e. The summed E-state index contributed by atoms with van der Waals surface area (Å²) in [7, 11) is 0. The lowest BCUT2D eigenvalue weighted by molar-refractivity contribution is 0.0784. The summed E-state index contributed by atoms with van der Waals surface area (Å²) >= 11 is 0. The highest BCUT2D eigenvalue weighted by atomic mass is 19.1. The molecule has 0 unspecified atom stereocenters. The van der Waals surface area contributed by atoms with Gasteiger partial charge in [-0.05, 0) is 38.1 Å². The molecule has 1 aliphatic rings. The maximum atomic E-state index is 14.1. The van der Waals surface area contributed by atoms with Gasteiger partial charge in [-0.25, -0.2) is 18.7 Å². The molecule has 0 bridgehead atoms. The lowest BCUT2D eigenvalue weighted by atomic mass is 10.1. The van der Waals surface area contributed by atoms with Crippen LogP contribution in [0.4, 0.5) is 14.6 Å². The summed E-state index contributed by atoms with van der Waals surface area (Å²) < 4.78 is 29.0. The zero-order chi connectivity index (χ0) is 19.8. The van der Waals surface area contributed by atoms with Crippen LogP contribution in [0, 0.1) is 11.6 Å². The molecule has 8 heteroatoms. The van der Waals surface area contributed by atoms with Crippen LogP contribution in [0.3, 0.4) is 0 Å². The predicted octanol–water partition coefficient (Wildman–Crippen LogP) is 3.69. The average molecular weight is 383 g/mol. The van der Waals surface area contributed by atoms with Crippen LogP contribution in [0.2, 0.25) is 0 Å². The van der Waals surface area contributed by atoms with Crippen LogP contribution in [0.15, 0.2) is 43.0 Å². The quantitative estimate of drug-likeness (QED) is 0.730. The van der Waals surface area contributed by atoms with E-state index >= 15 is 0 Å². The van der Waals surface area contributed by atoms with Crippen LogP contribution in [0.5, 0.6) is 0 Å². The van der Waals surface area contributed by atoms with Crippen LogP contribution in [0.25, 0.3) is 5.69 Å². The number of nitrogens with zero attached hydrogens (tertiary/aromatic N) is 4. The number of hydrogen-bond acceptors (Lipinski definition) is 4. The van der Waals surface area contributed by atoms with Gasteiger partial charge >= 0.3 is 0 Å². The molecule has 1 N–H and O–H groups in total. The summed E-state index contributed by atoms with van der Waals surface area (Å²) in [6.45, 7) is 4.59. The van der Waals surface area contributed by atoms with Gasteiger partial charge < -0.3 is 14.8 Å². The minimum absolute atomic E-state index is 0.0865. The molecule has 0 aliphatic carbocycles. The molecule has 6 nitrogen and oxygen atoms in total. The number of anilines is 1. The predicted molar refractivity (Wildman–Crippen MR) is 100 cm³/mol. The van der Waals surface area contributed by atoms with Crippen molar-refractivity contribution in [1.29, 1.82) is 0 Å². The Morgan fingerprint density at radius 2 is 1.96 bits per heavy atom. The van der Waals surface area contributed by atoms with Gasteiger partial charge in [0.2, 0.25) is 0 Å². The number of hydrogen-bond donors (Lipinski definition) is 1. The number of carbonyl (C=O) groups is 1. The van der Waals surface area contributed by atoms with Crippen molar-refractivity contribution in [2.24, 2.45) is 0 Å². The zero-order valence-corrected chi connectivity index (χ0v) is 15.5. The van der Waals surface area contributed by atoms with Crippen molar-refractivity contribution in [2.45, 2.75) is 26.4 Å². The summed E-state index contributed by atoms with van der Waals surface area (Å²) in [5.41, 5.74) is 2.18. The van der Waals surface area contributed by atoms with E-state index in [2.05, 4.69) is 15.3 Å². The molecule has 0 radical (unpaired) electrons. The van der Waals surface area contributed by atoms with E-state index in [9.17, 15) is 13.6 Å². The fraction of sp³-hybridized carbons (Fsp3) is 0.250. The number of imidazole rings is 1. The summed E-state index contributed by atoms with van der Waals surface area (Å²) in [6.07, 6.45) is 4.55. The van der Waals surface area contributed by atoms with Crippen LogP contribution in [-0.2, 0) is 6.54 Å². The zero-order valence-electron chi connectivity index (χ0n) is 15.5. The number of fused-ring (bicyclic) bond motifs is 1. The van der Waals surface area contributed by atoms with Gasteiger partial charge in [-0.15, -0.1) is 0 Å². The van der Waals surface area contributed by atoms with E-state index in [1.807, 2.05) is 20.0 Å². The van der Waals surface area contributed by atoms with Crippen molar-refractivity contribution >= 4 is 11.7 Å². The Balaban J connectivity index is 1.58. The van der Waals surface area contributed by atoms with E-state index in [0.717, 1.165) is 17.6 Å². The molecular formula is C20H19F2N5O. The SMILES string of the molecule is CCN1Cc2c(N[C@@H](C)c3cn(-c4ccc(F)cc4)cn3)ncc(F)c2C1=O. The van der Waals surface area contributed by atoms with Crippen molar-refractivity contribution in [3.63, 3.8) is 0 Å². The van der Waals surface area contributed by atoms with Crippen LogP contribution in [-0.4, -0.2) is 31.9 Å². The molecule has 0 saturated heterocycles. The van der Waals surface area contributed by atoms with Gasteiger partial charge in [0.1, 0.15) is 11.6 Å². The summed E-state index contributed by atoms with van der Waals surface area (Å²) in [6, 6.07) is 5.88. The van der Waals surface area contributed by atoms with Gasteiger partial charge in [0.15, 0.2) is 5.82 Å². The second kappa shape index (κ2) is 7.03. The molecule has 1 amide bonds. The molecule has 1 aliphatic heterocycles. The van der Waals surface area contributed by atoms with E-state index in [1.54, 1.807) is 27.9 Å². The number of nitrogens with one attached hydrogen (secondary N) is 1. The van der Waals surface area contributed by atoms with Crippen LogP contribution in [0.1, 0.15) is 41.5 Å². The minimum Gasteiger partial charge on any atom is -0.362 e. The van der Waals surface area contributed by atoms with Crippen molar-refractivity contribution in [2.75, 3.05) is 11.9 Å². The third-order valence-corrected chi connectivity index (χ3v) is 4.89. The Kier molecular flexibility index (Phi) is 4.54. The van der Waals surface area contributed by atoms with Crippen molar-refractivity contribution in [3.05, 3.63) is 71.4 Å². The molecule has 0 fully saturated rings. The lowest BCUT2D eigenvalue weighted by Crippen LogP contribution is -2.23. The first kappa shape index (κ1) is 18.1. The number of benzene rings is 1. The molecule has 28 heavy (non-hydrogen) atoms. The highest BCUT2D eigenvalue weighted by molar-refractivity contribution is 5.99. The maximum absolute atomic E-state index is 14.1. The molecule has 0 saturated carbocycles. The van der Waals surface area contributed by atoms with Gasteiger partial charge in [-0.1, -0.05) is 0 Å². The van der Waals surface area contributed by atoms with E-state index in [0.29, 0.717) is 24.5 Å². The normalized spacial score (nSPS) is 14.3. The first-order chi connectivity index (χ1) is 13.5. The Bertz CT molecular complexity index is 1030. The Morgan fingerprint density at radius 3 is 2.68 bits per heavy atom. The first-order valence-corrected chi connectivity index (χ1v) is 9.01. The first-order valence-electron chi connectivity index (χ1n) is 9.01.